The fourth-order valence-corrected chi connectivity index (χ4v) is 3.84. The van der Waals surface area contributed by atoms with Gasteiger partial charge in [0.25, 0.3) is 0 Å². The van der Waals surface area contributed by atoms with Crippen LogP contribution >= 0.6 is 0 Å². The van der Waals surface area contributed by atoms with Crippen molar-refractivity contribution in [3.05, 3.63) is 11.5 Å². The molecule has 1 rings (SSSR count). The Bertz CT molecular complexity index is 495. The number of hydrogen-bond donors (Lipinski definition) is 0. The van der Waals surface area contributed by atoms with Gasteiger partial charge in [-0.2, -0.15) is 0 Å². The van der Waals surface area contributed by atoms with Crippen LogP contribution in [0.2, 0.25) is 0 Å². The molecule has 1 heterocycles. The van der Waals surface area contributed by atoms with Gasteiger partial charge in [-0.25, -0.2) is 0 Å². The lowest BCUT2D eigenvalue weighted by atomic mass is 10.0. The molecule has 0 saturated heterocycles. The molecule has 4 nitrogen and oxygen atoms in total. The monoisotopic (exact) mass is 408 g/mol. The molecule has 0 amide bonds. The maximum Gasteiger partial charge on any atom is 0.311 e. The van der Waals surface area contributed by atoms with E-state index in [9.17, 15) is 9.59 Å². The molecule has 1 aliphatic rings. The highest BCUT2D eigenvalue weighted by Crippen LogP contribution is 2.25. The molecule has 0 aromatic carbocycles. The Balaban J connectivity index is 1.89. The molecule has 0 spiro atoms. The Labute approximate surface area is 178 Å². The van der Waals surface area contributed by atoms with Crippen molar-refractivity contribution in [2.45, 2.75) is 136 Å². The molecule has 1 aliphatic heterocycles. The van der Waals surface area contributed by atoms with E-state index < -0.39 is 6.10 Å². The van der Waals surface area contributed by atoms with Crippen LogP contribution in [0.4, 0.5) is 0 Å². The molecular formula is C25H44O4. The van der Waals surface area contributed by atoms with Crippen molar-refractivity contribution in [1.29, 1.82) is 0 Å². The minimum atomic E-state index is -0.483. The van der Waals surface area contributed by atoms with E-state index in [1.807, 2.05) is 6.92 Å². The summed E-state index contributed by atoms with van der Waals surface area (Å²) >= 11 is 0. The van der Waals surface area contributed by atoms with Crippen molar-refractivity contribution in [3.63, 3.8) is 0 Å². The van der Waals surface area contributed by atoms with Gasteiger partial charge in [-0.05, 0) is 19.8 Å². The summed E-state index contributed by atoms with van der Waals surface area (Å²) in [4.78, 5) is 24.0. The normalized spacial score (nSPS) is 16.4. The summed E-state index contributed by atoms with van der Waals surface area (Å²) in [6.07, 6.45) is 20.0. The van der Waals surface area contributed by atoms with Crippen LogP contribution in [0.15, 0.2) is 11.5 Å². The first-order valence-corrected chi connectivity index (χ1v) is 12.2. The van der Waals surface area contributed by atoms with Crippen LogP contribution in [-0.2, 0) is 19.1 Å². The Morgan fingerprint density at radius 3 is 1.66 bits per heavy atom. The molecule has 0 aromatic heterocycles. The summed E-state index contributed by atoms with van der Waals surface area (Å²) in [7, 11) is 0. The van der Waals surface area contributed by atoms with E-state index in [1.165, 1.54) is 83.5 Å². The van der Waals surface area contributed by atoms with Crippen LogP contribution < -0.4 is 0 Å². The smallest absolute Gasteiger partial charge is 0.311 e. The lowest BCUT2D eigenvalue weighted by Crippen LogP contribution is -2.19. The van der Waals surface area contributed by atoms with Gasteiger partial charge in [0.1, 0.15) is 5.76 Å². The molecule has 0 radical (unpaired) electrons. The second-order valence-corrected chi connectivity index (χ2v) is 8.44. The summed E-state index contributed by atoms with van der Waals surface area (Å²) in [5, 5.41) is 0. The number of hydrogen-bond acceptors (Lipinski definition) is 4. The van der Waals surface area contributed by atoms with Crippen molar-refractivity contribution >= 4 is 11.8 Å². The highest BCUT2D eigenvalue weighted by atomic mass is 16.6. The predicted octanol–water partition coefficient (Wildman–Crippen LogP) is 7.40. The molecule has 29 heavy (non-hydrogen) atoms. The number of allylic oxidation sites excluding steroid dienone is 1. The number of unbranched alkanes of at least 4 members (excludes halogenated alkanes) is 14. The van der Waals surface area contributed by atoms with Crippen LogP contribution in [0, 0.1) is 0 Å². The molecule has 0 aliphatic carbocycles. The molecule has 0 bridgehead atoms. The summed E-state index contributed by atoms with van der Waals surface area (Å²) < 4.78 is 10.7. The van der Waals surface area contributed by atoms with E-state index in [1.54, 1.807) is 6.92 Å². The Morgan fingerprint density at radius 1 is 0.793 bits per heavy atom. The standard InChI is InChI=1S/C25H44O4/c1-4-6-7-8-9-10-11-12-13-14-15-16-17-18-19-20-23(26)29-25-21(3)28-22(5-2)24(25)27/h22H,4-20H2,1-3H3. The average Bonchev–Trinajstić information content (AvgIpc) is 2.98. The van der Waals surface area contributed by atoms with Gasteiger partial charge in [0.2, 0.25) is 11.5 Å². The topological polar surface area (TPSA) is 52.6 Å². The highest BCUT2D eigenvalue weighted by molar-refractivity contribution is 6.01. The zero-order chi connectivity index (χ0) is 21.3. The number of carbonyl (C=O) groups is 2. The zero-order valence-corrected chi connectivity index (χ0v) is 19.2. The van der Waals surface area contributed by atoms with Gasteiger partial charge < -0.3 is 9.47 Å². The zero-order valence-electron chi connectivity index (χ0n) is 19.2. The minimum Gasteiger partial charge on any atom is -0.483 e. The molecule has 1 atom stereocenters. The van der Waals surface area contributed by atoms with E-state index in [0.29, 0.717) is 18.6 Å². The fourth-order valence-electron chi connectivity index (χ4n) is 3.84. The number of ketones is 1. The molecule has 0 aromatic rings. The molecule has 0 saturated carbocycles. The molecular weight excluding hydrogens is 364 g/mol. The van der Waals surface area contributed by atoms with Gasteiger partial charge >= 0.3 is 5.97 Å². The van der Waals surface area contributed by atoms with Crippen LogP contribution in [0.1, 0.15) is 130 Å². The SMILES string of the molecule is CCCCCCCCCCCCCCCCCC(=O)OC1=C(C)OC(CC)C1=O. The molecule has 0 N–H and O–H groups in total. The number of carbonyl (C=O) groups excluding carboxylic acids is 2. The quantitative estimate of drug-likeness (QED) is 0.175. The second-order valence-electron chi connectivity index (χ2n) is 8.44. The maximum atomic E-state index is 12.0. The van der Waals surface area contributed by atoms with Crippen LogP contribution in [-0.4, -0.2) is 17.9 Å². The van der Waals surface area contributed by atoms with Gasteiger partial charge in [0.15, 0.2) is 6.10 Å². The number of rotatable bonds is 18. The van der Waals surface area contributed by atoms with E-state index in [2.05, 4.69) is 6.92 Å². The van der Waals surface area contributed by atoms with Gasteiger partial charge in [-0.1, -0.05) is 104 Å². The second kappa shape index (κ2) is 16.5. The van der Waals surface area contributed by atoms with Crippen molar-refractivity contribution in [2.75, 3.05) is 0 Å². The van der Waals surface area contributed by atoms with Crippen molar-refractivity contribution in [3.8, 4) is 0 Å². The highest BCUT2D eigenvalue weighted by Gasteiger charge is 2.34. The van der Waals surface area contributed by atoms with Crippen molar-refractivity contribution < 1.29 is 19.1 Å². The van der Waals surface area contributed by atoms with Gasteiger partial charge in [0.05, 0.1) is 0 Å². The molecule has 168 valence electrons. The third-order valence-electron chi connectivity index (χ3n) is 5.73. The first-order valence-electron chi connectivity index (χ1n) is 12.2. The van der Waals surface area contributed by atoms with E-state index >= 15 is 0 Å². The Kier molecular flexibility index (Phi) is 14.6. The van der Waals surface area contributed by atoms with E-state index in [4.69, 9.17) is 9.47 Å². The summed E-state index contributed by atoms with van der Waals surface area (Å²) in [5.74, 6) is 0.0343. The van der Waals surface area contributed by atoms with Gasteiger partial charge in [0, 0.05) is 6.42 Å². The van der Waals surface area contributed by atoms with Crippen molar-refractivity contribution in [2.24, 2.45) is 0 Å². The maximum absolute atomic E-state index is 12.0. The summed E-state index contributed by atoms with van der Waals surface area (Å²) in [5.41, 5.74) is 0. The molecule has 0 fully saturated rings. The Hall–Kier alpha value is -1.32. The lowest BCUT2D eigenvalue weighted by molar-refractivity contribution is -0.142. The third kappa shape index (κ3) is 11.4. The summed E-state index contributed by atoms with van der Waals surface area (Å²) in [6.45, 7) is 5.84. The fraction of sp³-hybridized carbons (Fsp3) is 0.840. The molecule has 1 unspecified atom stereocenters. The van der Waals surface area contributed by atoms with E-state index in [-0.39, 0.29) is 17.5 Å². The first kappa shape index (κ1) is 25.7. The van der Waals surface area contributed by atoms with Crippen molar-refractivity contribution in [1.82, 2.24) is 0 Å². The van der Waals surface area contributed by atoms with Crippen LogP contribution in [0.3, 0.4) is 0 Å². The summed E-state index contributed by atoms with van der Waals surface area (Å²) in [6, 6.07) is 0. The number of ether oxygens (including phenoxy) is 2. The van der Waals surface area contributed by atoms with Gasteiger partial charge in [-0.15, -0.1) is 0 Å². The Morgan fingerprint density at radius 2 is 1.24 bits per heavy atom. The first-order chi connectivity index (χ1) is 14.1. The minimum absolute atomic E-state index is 0.114. The average molecular weight is 409 g/mol. The predicted molar refractivity (Wildman–Crippen MR) is 119 cm³/mol. The number of esters is 1. The molecule has 4 heteroatoms. The lowest BCUT2D eigenvalue weighted by Gasteiger charge is -2.05. The van der Waals surface area contributed by atoms with Gasteiger partial charge in [-0.3, -0.25) is 9.59 Å². The largest absolute Gasteiger partial charge is 0.483 e. The van der Waals surface area contributed by atoms with Crippen LogP contribution in [0.25, 0.3) is 0 Å². The number of Topliss-reactive ketones (excluding diaryl/α,β-unsaturated/α-hetero) is 1. The van der Waals surface area contributed by atoms with Crippen LogP contribution in [0.5, 0.6) is 0 Å². The van der Waals surface area contributed by atoms with E-state index in [0.717, 1.165) is 12.8 Å². The third-order valence-corrected chi connectivity index (χ3v) is 5.73.